The SMILES string of the molecule is NC(=S)CCn1c(=O)[nH]c2sc3c(c2c1=O)CCC3. The number of nitrogens with zero attached hydrogens (tertiary/aromatic N) is 1. The lowest BCUT2D eigenvalue weighted by atomic mass is 10.2. The molecule has 1 aliphatic rings. The van der Waals surface area contributed by atoms with E-state index in [-0.39, 0.29) is 17.8 Å². The average Bonchev–Trinajstić information content (AvgIpc) is 2.87. The standard InChI is InChI=1S/C12H13N3O2S2/c13-8(18)4-5-15-11(16)9-6-2-1-3-7(6)19-10(9)14-12(15)17/h1-5H2,(H2,13,18)(H,14,17). The molecule has 0 aromatic carbocycles. The fourth-order valence-electron chi connectivity index (χ4n) is 2.54. The van der Waals surface area contributed by atoms with Crippen molar-refractivity contribution in [3.05, 3.63) is 31.3 Å². The van der Waals surface area contributed by atoms with E-state index < -0.39 is 0 Å². The number of H-pyrrole nitrogens is 1. The second-order valence-corrected chi connectivity index (χ2v) is 6.29. The highest BCUT2D eigenvalue weighted by atomic mass is 32.1. The van der Waals surface area contributed by atoms with Crippen molar-refractivity contribution in [1.29, 1.82) is 0 Å². The van der Waals surface area contributed by atoms with Gasteiger partial charge in [-0.1, -0.05) is 12.2 Å². The summed E-state index contributed by atoms with van der Waals surface area (Å²) in [6, 6.07) is 0. The quantitative estimate of drug-likeness (QED) is 0.825. The Kier molecular flexibility index (Phi) is 3.02. The summed E-state index contributed by atoms with van der Waals surface area (Å²) in [7, 11) is 0. The van der Waals surface area contributed by atoms with Gasteiger partial charge in [-0.3, -0.25) is 14.3 Å². The Morgan fingerprint density at radius 2 is 2.21 bits per heavy atom. The maximum Gasteiger partial charge on any atom is 0.329 e. The molecular weight excluding hydrogens is 282 g/mol. The van der Waals surface area contributed by atoms with E-state index in [4.69, 9.17) is 18.0 Å². The third kappa shape index (κ3) is 2.02. The summed E-state index contributed by atoms with van der Waals surface area (Å²) < 4.78 is 1.20. The van der Waals surface area contributed by atoms with Crippen LogP contribution in [0.3, 0.4) is 0 Å². The summed E-state index contributed by atoms with van der Waals surface area (Å²) in [5, 5.41) is 0.681. The van der Waals surface area contributed by atoms with E-state index in [0.29, 0.717) is 21.6 Å². The molecule has 0 amide bonds. The van der Waals surface area contributed by atoms with Gasteiger partial charge in [0.25, 0.3) is 5.56 Å². The van der Waals surface area contributed by atoms with Crippen LogP contribution in [0.5, 0.6) is 0 Å². The Bertz CT molecular complexity index is 785. The fraction of sp³-hybridized carbons (Fsp3) is 0.417. The van der Waals surface area contributed by atoms with E-state index in [1.54, 1.807) is 0 Å². The van der Waals surface area contributed by atoms with Gasteiger partial charge in [0.05, 0.1) is 10.4 Å². The summed E-state index contributed by atoms with van der Waals surface area (Å²) in [5.41, 5.74) is 5.95. The van der Waals surface area contributed by atoms with Crippen LogP contribution in [0, 0.1) is 0 Å². The summed E-state index contributed by atoms with van der Waals surface area (Å²) in [5.74, 6) is 0. The average molecular weight is 295 g/mol. The molecule has 3 N–H and O–H groups in total. The normalized spacial score (nSPS) is 13.9. The zero-order chi connectivity index (χ0) is 13.6. The third-order valence-electron chi connectivity index (χ3n) is 3.43. The summed E-state index contributed by atoms with van der Waals surface area (Å²) in [6.07, 6.45) is 3.37. The van der Waals surface area contributed by atoms with E-state index >= 15 is 0 Å². The van der Waals surface area contributed by atoms with Crippen LogP contribution in [-0.2, 0) is 19.4 Å². The maximum atomic E-state index is 12.4. The molecule has 1 aliphatic carbocycles. The largest absolute Gasteiger partial charge is 0.393 e. The highest BCUT2D eigenvalue weighted by molar-refractivity contribution is 7.80. The second kappa shape index (κ2) is 4.57. The first-order valence-corrected chi connectivity index (χ1v) is 7.36. The number of rotatable bonds is 3. The number of fused-ring (bicyclic) bond motifs is 3. The number of aryl methyl sites for hydroxylation is 2. The van der Waals surface area contributed by atoms with Crippen LogP contribution in [0.25, 0.3) is 10.2 Å². The number of thiophene rings is 1. The first-order chi connectivity index (χ1) is 9.08. The smallest absolute Gasteiger partial charge is 0.329 e. The Labute approximate surface area is 118 Å². The predicted molar refractivity (Wildman–Crippen MR) is 80.1 cm³/mol. The van der Waals surface area contributed by atoms with Crippen molar-refractivity contribution in [2.75, 3.05) is 0 Å². The molecule has 2 aromatic rings. The number of thiocarbonyl (C=S) groups is 1. The molecule has 100 valence electrons. The third-order valence-corrected chi connectivity index (χ3v) is 4.84. The van der Waals surface area contributed by atoms with Gasteiger partial charge in [-0.15, -0.1) is 11.3 Å². The fourth-order valence-corrected chi connectivity index (χ4v) is 3.90. The lowest BCUT2D eigenvalue weighted by Crippen LogP contribution is -2.35. The first-order valence-electron chi connectivity index (χ1n) is 6.13. The lowest BCUT2D eigenvalue weighted by Gasteiger charge is -2.04. The molecule has 19 heavy (non-hydrogen) atoms. The number of hydrogen-bond donors (Lipinski definition) is 2. The van der Waals surface area contributed by atoms with Crippen molar-refractivity contribution >= 4 is 38.8 Å². The molecule has 5 nitrogen and oxygen atoms in total. The van der Waals surface area contributed by atoms with Crippen LogP contribution < -0.4 is 17.0 Å². The Morgan fingerprint density at radius 1 is 1.42 bits per heavy atom. The van der Waals surface area contributed by atoms with Crippen molar-refractivity contribution in [2.45, 2.75) is 32.2 Å². The summed E-state index contributed by atoms with van der Waals surface area (Å²) in [4.78, 5) is 29.4. The molecule has 0 saturated carbocycles. The molecule has 0 atom stereocenters. The minimum absolute atomic E-state index is 0.214. The Balaban J connectivity index is 2.21. The lowest BCUT2D eigenvalue weighted by molar-refractivity contribution is 0.658. The van der Waals surface area contributed by atoms with Crippen LogP contribution in [0.2, 0.25) is 0 Å². The van der Waals surface area contributed by atoms with Gasteiger partial charge in [-0.05, 0) is 24.8 Å². The van der Waals surface area contributed by atoms with E-state index in [0.717, 1.165) is 24.8 Å². The van der Waals surface area contributed by atoms with Crippen molar-refractivity contribution < 1.29 is 0 Å². The topological polar surface area (TPSA) is 80.9 Å². The van der Waals surface area contributed by atoms with Crippen molar-refractivity contribution in [2.24, 2.45) is 5.73 Å². The van der Waals surface area contributed by atoms with Crippen LogP contribution >= 0.6 is 23.6 Å². The van der Waals surface area contributed by atoms with E-state index in [1.807, 2.05) is 0 Å². The maximum absolute atomic E-state index is 12.4. The molecule has 0 saturated heterocycles. The number of nitrogens with one attached hydrogen (secondary N) is 1. The Hall–Kier alpha value is -1.47. The van der Waals surface area contributed by atoms with Crippen LogP contribution in [0.4, 0.5) is 0 Å². The summed E-state index contributed by atoms with van der Waals surface area (Å²) >= 11 is 6.32. The van der Waals surface area contributed by atoms with Gasteiger partial charge in [-0.25, -0.2) is 4.79 Å². The minimum atomic E-state index is -0.381. The second-order valence-electron chi connectivity index (χ2n) is 4.66. The van der Waals surface area contributed by atoms with Gasteiger partial charge in [0, 0.05) is 17.8 Å². The van der Waals surface area contributed by atoms with Gasteiger partial charge in [0.2, 0.25) is 0 Å². The predicted octanol–water partition coefficient (Wildman–Crippen LogP) is 0.916. The number of hydrogen-bond acceptors (Lipinski definition) is 4. The van der Waals surface area contributed by atoms with Gasteiger partial charge in [0.1, 0.15) is 4.83 Å². The molecule has 0 spiro atoms. The molecule has 2 heterocycles. The number of aromatic nitrogens is 2. The van der Waals surface area contributed by atoms with E-state index in [1.165, 1.54) is 20.8 Å². The molecule has 3 rings (SSSR count). The van der Waals surface area contributed by atoms with Gasteiger partial charge < -0.3 is 5.73 Å². The van der Waals surface area contributed by atoms with Crippen molar-refractivity contribution in [3.8, 4) is 0 Å². The highest BCUT2D eigenvalue weighted by Gasteiger charge is 2.21. The number of nitrogens with two attached hydrogens (primary N) is 1. The monoisotopic (exact) mass is 295 g/mol. The molecule has 0 unspecified atom stereocenters. The zero-order valence-corrected chi connectivity index (χ0v) is 11.8. The Morgan fingerprint density at radius 3 is 2.95 bits per heavy atom. The van der Waals surface area contributed by atoms with Crippen LogP contribution in [0.1, 0.15) is 23.3 Å². The van der Waals surface area contributed by atoms with Crippen LogP contribution in [0.15, 0.2) is 9.59 Å². The highest BCUT2D eigenvalue weighted by Crippen LogP contribution is 2.33. The summed E-state index contributed by atoms with van der Waals surface area (Å²) in [6.45, 7) is 0.240. The first kappa shape index (κ1) is 12.6. The zero-order valence-electron chi connectivity index (χ0n) is 10.2. The molecular formula is C12H13N3O2S2. The van der Waals surface area contributed by atoms with Gasteiger partial charge >= 0.3 is 5.69 Å². The molecule has 0 fully saturated rings. The van der Waals surface area contributed by atoms with Crippen LogP contribution in [-0.4, -0.2) is 14.5 Å². The molecule has 7 heteroatoms. The number of aromatic amines is 1. The van der Waals surface area contributed by atoms with Crippen molar-refractivity contribution in [3.63, 3.8) is 0 Å². The molecule has 0 bridgehead atoms. The molecule has 0 aliphatic heterocycles. The van der Waals surface area contributed by atoms with Gasteiger partial charge in [-0.2, -0.15) is 0 Å². The van der Waals surface area contributed by atoms with E-state index in [2.05, 4.69) is 4.98 Å². The van der Waals surface area contributed by atoms with Crippen molar-refractivity contribution in [1.82, 2.24) is 9.55 Å². The van der Waals surface area contributed by atoms with E-state index in [9.17, 15) is 9.59 Å². The minimum Gasteiger partial charge on any atom is -0.393 e. The molecule has 2 aromatic heterocycles. The molecule has 0 radical (unpaired) electrons. The van der Waals surface area contributed by atoms with Gasteiger partial charge in [0.15, 0.2) is 0 Å².